The number of nitrogens with zero attached hydrogens (tertiary/aromatic N) is 10. The molecule has 11 rings (SSSR count). The second-order valence-electron chi connectivity index (χ2n) is 27.5. The molecule has 0 fully saturated rings. The van der Waals surface area contributed by atoms with Crippen molar-refractivity contribution in [2.45, 2.75) is 301 Å². The Hall–Kier alpha value is -7.44. The Morgan fingerprint density at radius 2 is 0.687 bits per heavy atom. The van der Waals surface area contributed by atoms with Crippen LogP contribution in [0.1, 0.15) is 311 Å². The summed E-state index contributed by atoms with van der Waals surface area (Å²) in [7, 11) is 0. The minimum Gasteiger partial charge on any atom is -0.360 e. The summed E-state index contributed by atoms with van der Waals surface area (Å²) in [5, 5.41) is 12.8. The van der Waals surface area contributed by atoms with Crippen LogP contribution in [-0.4, -0.2) is 79.1 Å². The molecule has 8 heterocycles. The van der Waals surface area contributed by atoms with Gasteiger partial charge in [-0.15, -0.1) is 13.1 Å². The maximum Gasteiger partial charge on any atom is 2.00 e. The summed E-state index contributed by atoms with van der Waals surface area (Å²) < 4.78 is 0. The number of thiophene rings is 1. The fourth-order valence-corrected chi connectivity index (χ4v) is 6.25. The summed E-state index contributed by atoms with van der Waals surface area (Å²) >= 11 is 1.71. The Balaban J connectivity index is -0.0000000881. The molecule has 115 heavy (non-hydrogen) atoms. The summed E-state index contributed by atoms with van der Waals surface area (Å²) in [5.41, 5.74) is 6.25. The molecule has 0 saturated carbocycles. The van der Waals surface area contributed by atoms with Gasteiger partial charge in [0.25, 0.3) is 0 Å². The fourth-order valence-electron chi connectivity index (χ4n) is 5.80. The number of rotatable bonds is 6. The van der Waals surface area contributed by atoms with Gasteiger partial charge in [-0.05, 0) is 141 Å². The number of hydrogen-bond acceptors (Lipinski definition) is 11. The molecule has 0 aliphatic carbocycles. The van der Waals surface area contributed by atoms with Gasteiger partial charge in [-0.1, -0.05) is 356 Å². The number of hydrogen-bond donors (Lipinski definition) is 2. The van der Waals surface area contributed by atoms with E-state index in [4.69, 9.17) is 0 Å². The van der Waals surface area contributed by atoms with Crippen molar-refractivity contribution in [2.24, 2.45) is 35.5 Å². The van der Waals surface area contributed by atoms with Gasteiger partial charge in [0.05, 0.1) is 17.4 Å². The molecule has 14 heteroatoms. The van der Waals surface area contributed by atoms with E-state index in [2.05, 4.69) is 314 Å². The maximum atomic E-state index is 4.40. The average molecular weight is 1780 g/mol. The molecule has 12 nitrogen and oxygen atoms in total. The van der Waals surface area contributed by atoms with Gasteiger partial charge >= 0.3 is 21.1 Å². The number of imidazole rings is 1. The first-order valence-electron chi connectivity index (χ1n) is 42.6. The minimum absolute atomic E-state index is 0. The van der Waals surface area contributed by atoms with Gasteiger partial charge in [0.1, 0.15) is 6.33 Å². The van der Waals surface area contributed by atoms with E-state index in [9.17, 15) is 0 Å². The van der Waals surface area contributed by atoms with Gasteiger partial charge in [0, 0.05) is 97.5 Å². The zero-order valence-electron chi connectivity index (χ0n) is 81.5. The molecule has 2 N–H and O–H groups in total. The number of nitrogens with one attached hydrogen (secondary N) is 2. The predicted octanol–water partition coefficient (Wildman–Crippen LogP) is 32.6. The van der Waals surface area contributed by atoms with E-state index in [0.29, 0.717) is 23.8 Å². The van der Waals surface area contributed by atoms with Gasteiger partial charge in [0.15, 0.2) is 0 Å². The van der Waals surface area contributed by atoms with Gasteiger partial charge in [0.2, 0.25) is 0 Å². The van der Waals surface area contributed by atoms with Crippen LogP contribution < -0.4 is 0 Å². The molecular weight excluding hydrogens is 1600 g/mol. The van der Waals surface area contributed by atoms with E-state index in [1.807, 2.05) is 187 Å². The molecule has 0 amide bonds. The Labute approximate surface area is 732 Å². The van der Waals surface area contributed by atoms with E-state index >= 15 is 0 Å². The number of para-hydroxylation sites is 1. The van der Waals surface area contributed by atoms with Crippen LogP contribution in [0, 0.1) is 49.4 Å². The Morgan fingerprint density at radius 1 is 0.322 bits per heavy atom. The second kappa shape index (κ2) is 117. The quantitative estimate of drug-likeness (QED) is 0.154. The Bertz CT molecular complexity index is 2770. The van der Waals surface area contributed by atoms with E-state index in [1.54, 1.807) is 98.1 Å². The van der Waals surface area contributed by atoms with Gasteiger partial charge in [-0.3, -0.25) is 30.0 Å². The smallest absolute Gasteiger partial charge is 0.360 e. The number of pyridine rings is 3. The molecule has 656 valence electrons. The Kier molecular flexibility index (Phi) is 139. The normalized spacial score (nSPS) is 8.60. The van der Waals surface area contributed by atoms with Crippen molar-refractivity contribution in [1.29, 1.82) is 0 Å². The Morgan fingerprint density at radius 3 is 0.930 bits per heavy atom. The molecule has 8 aromatic heterocycles. The molecule has 0 saturated heterocycles. The molecule has 0 radical (unpaired) electrons. The van der Waals surface area contributed by atoms with Crippen molar-refractivity contribution in [3.8, 4) is 0 Å². The topological polar surface area (TPSA) is 151 Å². The first-order valence-corrected chi connectivity index (χ1v) is 43.6. The zero-order chi connectivity index (χ0) is 90.6. The molecule has 0 atom stereocenters. The van der Waals surface area contributed by atoms with Crippen LogP contribution in [0.4, 0.5) is 0 Å². The number of aromatic amines is 2. The third-order valence-electron chi connectivity index (χ3n) is 10.1. The summed E-state index contributed by atoms with van der Waals surface area (Å²) in [6, 6.07) is 45.4. The van der Waals surface area contributed by atoms with Crippen LogP contribution >= 0.6 is 11.3 Å². The first kappa shape index (κ1) is 137. The maximum absolute atomic E-state index is 4.40. The van der Waals surface area contributed by atoms with Crippen molar-refractivity contribution in [3.05, 3.63) is 274 Å². The molecule has 0 unspecified atom stereocenters. The van der Waals surface area contributed by atoms with Crippen molar-refractivity contribution in [3.63, 3.8) is 0 Å². The largest absolute Gasteiger partial charge is 2.00 e. The molecule has 11 aromatic rings. The third-order valence-corrected chi connectivity index (χ3v) is 10.7. The van der Waals surface area contributed by atoms with Crippen molar-refractivity contribution >= 4 is 33.1 Å². The standard InChI is InChI=1S/2C12H13N.C9H12.C7H15N.C5H5N.2C4H4N2.C4H4S.6C4H10.2C3H4N2.7C2H6.W/c1-9(2)10-5-6-12-11(8-10)4-3-7-13-12;1-9(2)11-7-10-5-3-4-6-12(10)13-8-11;1-8(2)9-6-4-3-5-7-9;1-5-8(6-2)7(3)4;1-2-4-6-5-3-1;1-2-6-4-3-5-1;1-2-5-4-6-3-1;1-2-4-5-3-1;6*1-4(2)3;1-2-5-3-4-1;1-2-4-5-3-1;7*1-2;/h2*3-9H,1-2H3;3-8H,1-2H3;7H,1-2,5-6H2,3-4H3;1-5H;2*1-4H;1-4H;6*4H,1-3H3;2*1-3H,(H,4,5);7*1-2H3;/q;;;-2;;;;;;;;;;;;;;;;;;;;+2. The van der Waals surface area contributed by atoms with Crippen molar-refractivity contribution in [2.75, 3.05) is 13.1 Å². The number of H-pyrrole nitrogens is 2. The zero-order valence-corrected chi connectivity index (χ0v) is 85.2. The molecule has 0 spiro atoms. The van der Waals surface area contributed by atoms with Crippen LogP contribution in [0.2, 0.25) is 0 Å². The van der Waals surface area contributed by atoms with Gasteiger partial charge in [-0.25, -0.2) is 15.0 Å². The first-order chi connectivity index (χ1) is 54.5. The van der Waals surface area contributed by atoms with Crippen LogP contribution in [0.25, 0.3) is 21.8 Å². The summed E-state index contributed by atoms with van der Waals surface area (Å²) in [6.45, 7) is 93.7. The van der Waals surface area contributed by atoms with Crippen LogP contribution in [-0.2, 0) is 21.1 Å². The van der Waals surface area contributed by atoms with Gasteiger partial charge < -0.3 is 23.7 Å². The fraction of sp³-hybridized carbons (Fsp3) is 0.515. The summed E-state index contributed by atoms with van der Waals surface area (Å²) in [5.74, 6) is 6.80. The van der Waals surface area contributed by atoms with E-state index in [-0.39, 0.29) is 21.1 Å². The third kappa shape index (κ3) is 133. The van der Waals surface area contributed by atoms with E-state index < -0.39 is 0 Å². The monoisotopic (exact) mass is 1780 g/mol. The van der Waals surface area contributed by atoms with Crippen LogP contribution in [0.5, 0.6) is 0 Å². The van der Waals surface area contributed by atoms with E-state index in [1.165, 1.54) is 33.8 Å². The van der Waals surface area contributed by atoms with Gasteiger partial charge in [-0.2, -0.15) is 16.4 Å². The minimum atomic E-state index is 0. The average Bonchev–Trinajstić information content (AvgIpc) is 1.17. The molecule has 0 bridgehead atoms. The molecule has 0 aliphatic rings. The predicted molar refractivity (Wildman–Crippen MR) is 522 cm³/mol. The van der Waals surface area contributed by atoms with Crippen LogP contribution in [0.3, 0.4) is 0 Å². The van der Waals surface area contributed by atoms with Crippen molar-refractivity contribution < 1.29 is 21.1 Å². The molecule has 0 aliphatic heterocycles. The van der Waals surface area contributed by atoms with Crippen LogP contribution in [0.15, 0.2) is 244 Å². The second-order valence-corrected chi connectivity index (χ2v) is 28.3. The molecule has 3 aromatic carbocycles. The number of fused-ring (bicyclic) bond motifs is 2. The molecular formula is C101H180N12SW. The van der Waals surface area contributed by atoms with Crippen molar-refractivity contribution in [1.82, 2.24) is 60.0 Å². The number of benzene rings is 3. The number of aromatic nitrogens is 11. The van der Waals surface area contributed by atoms with E-state index in [0.717, 1.165) is 59.6 Å². The summed E-state index contributed by atoms with van der Waals surface area (Å²) in [4.78, 5) is 35.9. The SMILES string of the molecule is CC.CC.CC.CC.CC.CC.CC.CC(C)C.CC(C)C.CC(C)C.CC(C)C.CC(C)C.CC(C)C.CC(C)c1ccc2ncccc2c1.CC(C)c1ccccc1.CC(C)c1cnc2ccccc2c1.[CH2-]CN(C[CH2-])C(C)C.[W+2].c1c[nH]cn1.c1ccncc1.c1ccsc1.c1cn[nH]c1.c1cnccn1.c1cncnc1. The summed E-state index contributed by atoms with van der Waals surface area (Å²) in [6.07, 6.45) is 27.3.